The highest BCUT2D eigenvalue weighted by Gasteiger charge is 2.18. The third-order valence-electron chi connectivity index (χ3n) is 1.95. The van der Waals surface area contributed by atoms with Crippen molar-refractivity contribution in [3.05, 3.63) is 23.9 Å². The third kappa shape index (κ3) is 2.99. The molecule has 1 aliphatic rings. The molecule has 0 aromatic heterocycles. The number of amides is 1. The van der Waals surface area contributed by atoms with Crippen molar-refractivity contribution in [3.63, 3.8) is 0 Å². The molecule has 0 atom stereocenters. The lowest BCUT2D eigenvalue weighted by Gasteiger charge is -2.20. The van der Waals surface area contributed by atoms with Crippen molar-refractivity contribution < 1.29 is 14.7 Å². The van der Waals surface area contributed by atoms with Gasteiger partial charge in [-0.2, -0.15) is 0 Å². The molecule has 1 N–H and O–H groups in total. The molecule has 1 rings (SSSR count). The normalized spacial score (nSPS) is 13.9. The predicted octanol–water partition coefficient (Wildman–Crippen LogP) is 0.767. The first-order chi connectivity index (χ1) is 7.15. The average molecular weight is 205 g/mol. The molecule has 4 nitrogen and oxygen atoms in total. The van der Waals surface area contributed by atoms with Crippen LogP contribution in [-0.4, -0.2) is 28.4 Å². The Bertz CT molecular complexity index is 374. The molecule has 0 fully saturated rings. The van der Waals surface area contributed by atoms with Crippen LogP contribution in [0.4, 0.5) is 0 Å². The van der Waals surface area contributed by atoms with Crippen molar-refractivity contribution in [2.45, 2.75) is 12.8 Å². The summed E-state index contributed by atoms with van der Waals surface area (Å²) in [4.78, 5) is 22.9. The van der Waals surface area contributed by atoms with Gasteiger partial charge in [0.15, 0.2) is 0 Å². The van der Waals surface area contributed by atoms with Crippen LogP contribution >= 0.6 is 0 Å². The first kappa shape index (κ1) is 11.1. The predicted molar refractivity (Wildman–Crippen MR) is 54.6 cm³/mol. The zero-order valence-electron chi connectivity index (χ0n) is 8.14. The second kappa shape index (κ2) is 5.01. The molecular formula is C11H11NO3. The maximum atomic E-state index is 11.3. The van der Waals surface area contributed by atoms with Crippen LogP contribution in [0.3, 0.4) is 0 Å². The summed E-state index contributed by atoms with van der Waals surface area (Å²) in [6, 6.07) is 0. The minimum atomic E-state index is -1.08. The largest absolute Gasteiger partial charge is 0.480 e. The first-order valence-electron chi connectivity index (χ1n) is 4.51. The lowest BCUT2D eigenvalue weighted by molar-refractivity contribution is -0.141. The number of terminal acetylenes is 1. The summed E-state index contributed by atoms with van der Waals surface area (Å²) >= 11 is 0. The number of allylic oxidation sites excluding steroid dienone is 3. The molecule has 15 heavy (non-hydrogen) atoms. The Labute approximate surface area is 87.9 Å². The van der Waals surface area contributed by atoms with Crippen LogP contribution in [-0.2, 0) is 9.59 Å². The molecule has 0 heterocycles. The Morgan fingerprint density at radius 2 is 2.27 bits per heavy atom. The zero-order valence-corrected chi connectivity index (χ0v) is 8.14. The molecule has 0 radical (unpaired) electrons. The van der Waals surface area contributed by atoms with Gasteiger partial charge in [-0.3, -0.25) is 14.5 Å². The van der Waals surface area contributed by atoms with Gasteiger partial charge in [0.25, 0.3) is 0 Å². The second-order valence-electron chi connectivity index (χ2n) is 3.04. The summed E-state index contributed by atoms with van der Waals surface area (Å²) in [5, 5.41) is 8.65. The van der Waals surface area contributed by atoms with Crippen molar-refractivity contribution in [1.82, 2.24) is 4.90 Å². The SMILES string of the molecule is C#CC(=O)N(CC(=O)O)C1=CCCC=C1. The Morgan fingerprint density at radius 3 is 2.73 bits per heavy atom. The number of hydrogen-bond donors (Lipinski definition) is 1. The molecule has 0 unspecified atom stereocenters. The summed E-state index contributed by atoms with van der Waals surface area (Å²) in [6.45, 7) is -0.404. The van der Waals surface area contributed by atoms with E-state index in [9.17, 15) is 9.59 Å². The van der Waals surface area contributed by atoms with E-state index in [-0.39, 0.29) is 0 Å². The van der Waals surface area contributed by atoms with E-state index in [1.54, 1.807) is 12.2 Å². The highest BCUT2D eigenvalue weighted by molar-refractivity contribution is 5.96. The van der Waals surface area contributed by atoms with Gasteiger partial charge in [-0.25, -0.2) is 0 Å². The van der Waals surface area contributed by atoms with Crippen molar-refractivity contribution >= 4 is 11.9 Å². The van der Waals surface area contributed by atoms with Gasteiger partial charge in [0.2, 0.25) is 0 Å². The fourth-order valence-electron chi connectivity index (χ4n) is 1.29. The van der Waals surface area contributed by atoms with Crippen molar-refractivity contribution in [3.8, 4) is 12.3 Å². The van der Waals surface area contributed by atoms with Crippen molar-refractivity contribution in [1.29, 1.82) is 0 Å². The number of aliphatic carboxylic acids is 1. The minimum absolute atomic E-state index is 0.404. The maximum Gasteiger partial charge on any atom is 0.323 e. The van der Waals surface area contributed by atoms with E-state index >= 15 is 0 Å². The zero-order chi connectivity index (χ0) is 11.3. The van der Waals surface area contributed by atoms with Crippen LogP contribution in [0.1, 0.15) is 12.8 Å². The monoisotopic (exact) mass is 205 g/mol. The third-order valence-corrected chi connectivity index (χ3v) is 1.95. The molecule has 0 aromatic carbocycles. The summed E-state index contributed by atoms with van der Waals surface area (Å²) in [6.07, 6.45) is 12.1. The Hall–Kier alpha value is -2.02. The summed E-state index contributed by atoms with van der Waals surface area (Å²) < 4.78 is 0. The number of carboxylic acids is 1. The second-order valence-corrected chi connectivity index (χ2v) is 3.04. The molecule has 0 aromatic rings. The topological polar surface area (TPSA) is 57.6 Å². The minimum Gasteiger partial charge on any atom is -0.480 e. The molecule has 0 bridgehead atoms. The molecular weight excluding hydrogens is 194 g/mol. The van der Waals surface area contributed by atoms with Crippen LogP contribution in [0, 0.1) is 12.3 Å². The Balaban J connectivity index is 2.85. The van der Waals surface area contributed by atoms with E-state index < -0.39 is 18.4 Å². The number of carbonyl (C=O) groups excluding carboxylic acids is 1. The molecule has 1 amide bonds. The molecule has 0 spiro atoms. The van der Waals surface area contributed by atoms with Gasteiger partial charge >= 0.3 is 11.9 Å². The lowest BCUT2D eigenvalue weighted by atomic mass is 10.1. The van der Waals surface area contributed by atoms with Gasteiger partial charge in [0, 0.05) is 5.70 Å². The average Bonchev–Trinajstić information content (AvgIpc) is 2.26. The van der Waals surface area contributed by atoms with E-state index in [0.29, 0.717) is 5.70 Å². The summed E-state index contributed by atoms with van der Waals surface area (Å²) in [5.41, 5.74) is 0.562. The highest BCUT2D eigenvalue weighted by Crippen LogP contribution is 2.14. The first-order valence-corrected chi connectivity index (χ1v) is 4.51. The number of carboxylic acid groups (broad SMARTS) is 1. The number of carbonyl (C=O) groups is 2. The molecule has 78 valence electrons. The van der Waals surface area contributed by atoms with Crippen LogP contribution in [0.2, 0.25) is 0 Å². The number of nitrogens with zero attached hydrogens (tertiary/aromatic N) is 1. The highest BCUT2D eigenvalue weighted by atomic mass is 16.4. The van der Waals surface area contributed by atoms with Crippen molar-refractivity contribution in [2.24, 2.45) is 0 Å². The maximum absolute atomic E-state index is 11.3. The van der Waals surface area contributed by atoms with Crippen LogP contribution in [0.25, 0.3) is 0 Å². The molecule has 4 heteroatoms. The van der Waals surface area contributed by atoms with E-state index in [2.05, 4.69) is 0 Å². The molecule has 1 aliphatic carbocycles. The Kier molecular flexibility index (Phi) is 3.69. The summed E-state index contributed by atoms with van der Waals surface area (Å²) in [7, 11) is 0. The van der Waals surface area contributed by atoms with Crippen LogP contribution in [0.15, 0.2) is 23.9 Å². The van der Waals surface area contributed by atoms with Gasteiger partial charge in [-0.1, -0.05) is 12.2 Å². The quantitative estimate of drug-likeness (QED) is 0.692. The lowest BCUT2D eigenvalue weighted by Crippen LogP contribution is -2.33. The molecule has 0 saturated carbocycles. The van der Waals surface area contributed by atoms with Gasteiger partial charge < -0.3 is 5.11 Å². The fraction of sp³-hybridized carbons (Fsp3) is 0.273. The number of rotatable bonds is 3. The van der Waals surface area contributed by atoms with Gasteiger partial charge in [0.05, 0.1) is 0 Å². The van der Waals surface area contributed by atoms with E-state index in [4.69, 9.17) is 11.5 Å². The molecule has 0 saturated heterocycles. The van der Waals surface area contributed by atoms with E-state index in [1.807, 2.05) is 12.0 Å². The Morgan fingerprint density at radius 1 is 1.53 bits per heavy atom. The van der Waals surface area contributed by atoms with E-state index in [0.717, 1.165) is 17.7 Å². The fourth-order valence-corrected chi connectivity index (χ4v) is 1.29. The van der Waals surface area contributed by atoms with Crippen LogP contribution in [0.5, 0.6) is 0 Å². The van der Waals surface area contributed by atoms with Crippen molar-refractivity contribution in [2.75, 3.05) is 6.54 Å². The van der Waals surface area contributed by atoms with Gasteiger partial charge in [0.1, 0.15) is 6.54 Å². The standard InChI is InChI=1S/C11H11NO3/c1-2-10(13)12(8-11(14)15)9-6-4-3-5-7-9/h1,4,6-7H,3,5,8H2,(H,14,15). The molecule has 0 aliphatic heterocycles. The van der Waals surface area contributed by atoms with E-state index in [1.165, 1.54) is 0 Å². The van der Waals surface area contributed by atoms with Gasteiger partial charge in [-0.05, 0) is 24.8 Å². The summed E-state index contributed by atoms with van der Waals surface area (Å²) in [5.74, 6) is 0.202. The van der Waals surface area contributed by atoms with Crippen LogP contribution < -0.4 is 0 Å². The van der Waals surface area contributed by atoms with Gasteiger partial charge in [-0.15, -0.1) is 6.42 Å². The smallest absolute Gasteiger partial charge is 0.323 e. The number of hydrogen-bond acceptors (Lipinski definition) is 2.